The molecule has 0 bridgehead atoms. The number of carbonyl (C=O) groups is 3. The lowest BCUT2D eigenvalue weighted by atomic mass is 10.1. The molecule has 0 fully saturated rings. The molecular formula is C11H8BrNO4. The molecule has 0 aliphatic carbocycles. The highest BCUT2D eigenvalue weighted by Gasteiger charge is 2.37. The van der Waals surface area contributed by atoms with E-state index in [1.807, 2.05) is 0 Å². The molecule has 6 heteroatoms. The standard InChI is InChI=1S/C11H8BrNO4/c12-6-2-1-3-7-9(6)10(16)11(17)13(7)5-4-8(14)15/h1-3H,4-5H2,(H,14,15). The molecule has 17 heavy (non-hydrogen) atoms. The van der Waals surface area contributed by atoms with Crippen molar-refractivity contribution in [2.75, 3.05) is 11.4 Å². The van der Waals surface area contributed by atoms with Crippen LogP contribution in [0.1, 0.15) is 16.8 Å². The van der Waals surface area contributed by atoms with Gasteiger partial charge in [-0.25, -0.2) is 0 Å². The number of halogens is 1. The summed E-state index contributed by atoms with van der Waals surface area (Å²) in [4.78, 5) is 35.1. The molecule has 0 unspecified atom stereocenters. The minimum atomic E-state index is -1.01. The second-order valence-electron chi connectivity index (χ2n) is 3.56. The summed E-state index contributed by atoms with van der Waals surface area (Å²) in [5.74, 6) is -2.28. The van der Waals surface area contributed by atoms with Crippen molar-refractivity contribution >= 4 is 39.3 Å². The molecule has 2 rings (SSSR count). The van der Waals surface area contributed by atoms with Crippen LogP contribution in [0.2, 0.25) is 0 Å². The fourth-order valence-electron chi connectivity index (χ4n) is 1.73. The number of aliphatic carboxylic acids is 1. The topological polar surface area (TPSA) is 74.7 Å². The molecule has 1 aliphatic rings. The summed E-state index contributed by atoms with van der Waals surface area (Å²) in [7, 11) is 0. The quantitative estimate of drug-likeness (QED) is 0.857. The molecule has 88 valence electrons. The van der Waals surface area contributed by atoms with Crippen LogP contribution < -0.4 is 4.90 Å². The first-order chi connectivity index (χ1) is 8.02. The molecular weight excluding hydrogens is 290 g/mol. The lowest BCUT2D eigenvalue weighted by molar-refractivity contribution is -0.136. The highest BCUT2D eigenvalue weighted by molar-refractivity contribution is 9.10. The van der Waals surface area contributed by atoms with Gasteiger partial charge in [0.05, 0.1) is 17.7 Å². The smallest absolute Gasteiger partial charge is 0.305 e. The second kappa shape index (κ2) is 4.29. The number of carboxylic acid groups (broad SMARTS) is 1. The van der Waals surface area contributed by atoms with Gasteiger partial charge in [0, 0.05) is 11.0 Å². The molecule has 1 aromatic rings. The van der Waals surface area contributed by atoms with E-state index in [1.54, 1.807) is 18.2 Å². The summed E-state index contributed by atoms with van der Waals surface area (Å²) >= 11 is 3.21. The van der Waals surface area contributed by atoms with Crippen LogP contribution in [-0.4, -0.2) is 29.3 Å². The Hall–Kier alpha value is -1.69. The molecule has 0 spiro atoms. The molecule has 0 atom stereocenters. The largest absolute Gasteiger partial charge is 0.481 e. The Labute approximate surface area is 105 Å². The predicted octanol–water partition coefficient (Wildman–Crippen LogP) is 1.45. The zero-order valence-electron chi connectivity index (χ0n) is 8.64. The maximum atomic E-state index is 11.7. The van der Waals surface area contributed by atoms with Crippen LogP contribution in [0, 0.1) is 0 Å². The fourth-order valence-corrected chi connectivity index (χ4v) is 2.27. The van der Waals surface area contributed by atoms with Crippen LogP contribution in [0.25, 0.3) is 0 Å². The van der Waals surface area contributed by atoms with Gasteiger partial charge < -0.3 is 10.0 Å². The summed E-state index contributed by atoms with van der Waals surface area (Å²) in [6.07, 6.45) is -0.190. The number of hydrogen-bond acceptors (Lipinski definition) is 3. The van der Waals surface area contributed by atoms with Gasteiger partial charge in [0.1, 0.15) is 0 Å². The van der Waals surface area contributed by atoms with Gasteiger partial charge in [-0.2, -0.15) is 0 Å². The van der Waals surface area contributed by atoms with Gasteiger partial charge >= 0.3 is 5.97 Å². The maximum absolute atomic E-state index is 11.7. The first kappa shape index (κ1) is 11.8. The molecule has 1 N–H and O–H groups in total. The average Bonchev–Trinajstić information content (AvgIpc) is 2.51. The summed E-state index contributed by atoms with van der Waals surface area (Å²) in [6, 6.07) is 5.00. The third kappa shape index (κ3) is 1.95. The van der Waals surface area contributed by atoms with Crippen molar-refractivity contribution in [3.8, 4) is 0 Å². The molecule has 1 aromatic carbocycles. The monoisotopic (exact) mass is 297 g/mol. The van der Waals surface area contributed by atoms with E-state index >= 15 is 0 Å². The van der Waals surface area contributed by atoms with Crippen LogP contribution in [0.3, 0.4) is 0 Å². The fraction of sp³-hybridized carbons (Fsp3) is 0.182. The SMILES string of the molecule is O=C(O)CCN1C(=O)C(=O)c2c(Br)cccc21. The molecule has 0 radical (unpaired) electrons. The summed E-state index contributed by atoms with van der Waals surface area (Å²) in [6.45, 7) is 0.00333. The molecule has 1 aliphatic heterocycles. The molecule has 5 nitrogen and oxygen atoms in total. The predicted molar refractivity (Wildman–Crippen MR) is 63.1 cm³/mol. The Bertz CT molecular complexity index is 526. The number of nitrogens with zero attached hydrogens (tertiary/aromatic N) is 1. The van der Waals surface area contributed by atoms with Crippen molar-refractivity contribution in [3.63, 3.8) is 0 Å². The molecule has 0 saturated heterocycles. The third-order valence-corrected chi connectivity index (χ3v) is 3.16. The Morgan fingerprint density at radius 3 is 2.71 bits per heavy atom. The van der Waals surface area contributed by atoms with Gasteiger partial charge in [-0.05, 0) is 28.1 Å². The van der Waals surface area contributed by atoms with Crippen LogP contribution in [-0.2, 0) is 9.59 Å². The normalized spacial score (nSPS) is 14.1. The lowest BCUT2D eigenvalue weighted by Crippen LogP contribution is -2.31. The average molecular weight is 298 g/mol. The van der Waals surface area contributed by atoms with E-state index in [-0.39, 0.29) is 13.0 Å². The number of ketones is 1. The Kier molecular flexibility index (Phi) is 2.97. The Balaban J connectivity index is 2.38. The number of Topliss-reactive ketones (excluding diaryl/α,β-unsaturated/α-hetero) is 1. The molecule has 0 saturated carbocycles. The molecule has 1 heterocycles. The first-order valence-electron chi connectivity index (χ1n) is 4.89. The zero-order valence-corrected chi connectivity index (χ0v) is 10.2. The minimum absolute atomic E-state index is 0.00333. The van der Waals surface area contributed by atoms with Gasteiger partial charge in [-0.1, -0.05) is 6.07 Å². The second-order valence-corrected chi connectivity index (χ2v) is 4.42. The number of fused-ring (bicyclic) bond motifs is 1. The number of carboxylic acids is 1. The number of amides is 1. The summed E-state index contributed by atoms with van der Waals surface area (Å²) in [5, 5.41) is 8.60. The number of hydrogen-bond donors (Lipinski definition) is 1. The van der Waals surface area contributed by atoms with E-state index in [1.165, 1.54) is 4.90 Å². The van der Waals surface area contributed by atoms with Gasteiger partial charge in [-0.15, -0.1) is 0 Å². The van der Waals surface area contributed by atoms with Gasteiger partial charge in [-0.3, -0.25) is 14.4 Å². The Morgan fingerprint density at radius 2 is 2.06 bits per heavy atom. The van der Waals surface area contributed by atoms with Crippen LogP contribution in [0.15, 0.2) is 22.7 Å². The summed E-state index contributed by atoms with van der Waals surface area (Å²) < 4.78 is 0.547. The van der Waals surface area contributed by atoms with Crippen LogP contribution >= 0.6 is 15.9 Å². The van der Waals surface area contributed by atoms with Crippen molar-refractivity contribution in [1.29, 1.82) is 0 Å². The van der Waals surface area contributed by atoms with E-state index in [2.05, 4.69) is 15.9 Å². The van der Waals surface area contributed by atoms with Gasteiger partial charge in [0.2, 0.25) is 0 Å². The molecule has 1 amide bonds. The lowest BCUT2D eigenvalue weighted by Gasteiger charge is -2.14. The van der Waals surface area contributed by atoms with E-state index in [0.29, 0.717) is 15.7 Å². The van der Waals surface area contributed by atoms with Crippen molar-refractivity contribution in [2.24, 2.45) is 0 Å². The summed E-state index contributed by atoms with van der Waals surface area (Å²) in [5.41, 5.74) is 0.776. The van der Waals surface area contributed by atoms with E-state index in [0.717, 1.165) is 0 Å². The number of benzene rings is 1. The zero-order chi connectivity index (χ0) is 12.6. The number of carbonyl (C=O) groups excluding carboxylic acids is 2. The van der Waals surface area contributed by atoms with Crippen LogP contribution in [0.5, 0.6) is 0 Å². The first-order valence-corrected chi connectivity index (χ1v) is 5.68. The van der Waals surface area contributed by atoms with Crippen molar-refractivity contribution in [2.45, 2.75) is 6.42 Å². The third-order valence-electron chi connectivity index (χ3n) is 2.50. The van der Waals surface area contributed by atoms with E-state index in [4.69, 9.17) is 5.11 Å². The molecule has 0 aromatic heterocycles. The van der Waals surface area contributed by atoms with E-state index in [9.17, 15) is 14.4 Å². The highest BCUT2D eigenvalue weighted by Crippen LogP contribution is 2.34. The Morgan fingerprint density at radius 1 is 1.35 bits per heavy atom. The van der Waals surface area contributed by atoms with Crippen molar-refractivity contribution in [3.05, 3.63) is 28.2 Å². The van der Waals surface area contributed by atoms with Crippen LogP contribution in [0.4, 0.5) is 5.69 Å². The highest BCUT2D eigenvalue weighted by atomic mass is 79.9. The van der Waals surface area contributed by atoms with Gasteiger partial charge in [0.25, 0.3) is 11.7 Å². The van der Waals surface area contributed by atoms with Gasteiger partial charge in [0.15, 0.2) is 0 Å². The van der Waals surface area contributed by atoms with E-state index < -0.39 is 17.7 Å². The number of anilines is 1. The van der Waals surface area contributed by atoms with Crippen molar-refractivity contribution in [1.82, 2.24) is 0 Å². The number of rotatable bonds is 3. The minimum Gasteiger partial charge on any atom is -0.481 e. The van der Waals surface area contributed by atoms with Crippen molar-refractivity contribution < 1.29 is 19.5 Å². The maximum Gasteiger partial charge on any atom is 0.305 e.